The highest BCUT2D eigenvalue weighted by atomic mass is 16.5. The molecule has 0 spiro atoms. The van der Waals surface area contributed by atoms with E-state index in [0.29, 0.717) is 35.6 Å². The molecular weight excluding hydrogens is 466 g/mol. The van der Waals surface area contributed by atoms with Gasteiger partial charge in [-0.3, -0.25) is 9.59 Å². The van der Waals surface area contributed by atoms with Gasteiger partial charge in [0, 0.05) is 0 Å². The molecule has 0 aromatic heterocycles. The summed E-state index contributed by atoms with van der Waals surface area (Å²) in [4.78, 5) is 41.0. The number of amides is 2. The first-order valence-corrected chi connectivity index (χ1v) is 12.7. The zero-order valence-electron chi connectivity index (χ0n) is 20.0. The van der Waals surface area contributed by atoms with Gasteiger partial charge >= 0.3 is 5.97 Å². The molecule has 2 bridgehead atoms. The van der Waals surface area contributed by atoms with E-state index >= 15 is 0 Å². The maximum absolute atomic E-state index is 13.4. The predicted molar refractivity (Wildman–Crippen MR) is 136 cm³/mol. The summed E-state index contributed by atoms with van der Waals surface area (Å²) >= 11 is 0. The highest BCUT2D eigenvalue weighted by molar-refractivity contribution is 6.23. The number of rotatable bonds is 6. The number of ether oxygens (including phenoxy) is 2. The van der Waals surface area contributed by atoms with E-state index in [0.717, 1.165) is 12.0 Å². The van der Waals surface area contributed by atoms with E-state index in [1.807, 2.05) is 30.3 Å². The van der Waals surface area contributed by atoms with Gasteiger partial charge in [0.2, 0.25) is 11.8 Å². The molecule has 6 nitrogen and oxygen atoms in total. The van der Waals surface area contributed by atoms with Crippen molar-refractivity contribution < 1.29 is 23.9 Å². The molecule has 0 radical (unpaired) electrons. The molecule has 2 amide bonds. The molecule has 3 aromatic rings. The Kier molecular flexibility index (Phi) is 5.03. The minimum Gasteiger partial charge on any atom is -0.489 e. The largest absolute Gasteiger partial charge is 0.489 e. The van der Waals surface area contributed by atoms with Gasteiger partial charge in [0.1, 0.15) is 18.1 Å². The summed E-state index contributed by atoms with van der Waals surface area (Å²) in [5.41, 5.74) is 1.77. The average molecular weight is 492 g/mol. The highest BCUT2D eigenvalue weighted by Gasteiger charge is 2.67. The third kappa shape index (κ3) is 3.67. The lowest BCUT2D eigenvalue weighted by Gasteiger charge is -2.37. The number of nitrogens with zero attached hydrogens (tertiary/aromatic N) is 1. The fourth-order valence-corrected chi connectivity index (χ4v) is 6.49. The quantitative estimate of drug-likeness (QED) is 0.209. The fraction of sp³-hybridized carbons (Fsp3) is 0.258. The summed E-state index contributed by atoms with van der Waals surface area (Å²) in [6.45, 7) is 0.446. The number of imide groups is 1. The number of carbonyl (C=O) groups excluding carboxylic acids is 3. The number of carbonyl (C=O) groups is 3. The first kappa shape index (κ1) is 22.0. The van der Waals surface area contributed by atoms with Gasteiger partial charge in [-0.1, -0.05) is 48.6 Å². The first-order chi connectivity index (χ1) is 18.1. The summed E-state index contributed by atoms with van der Waals surface area (Å²) in [6, 6.07) is 23.3. The van der Waals surface area contributed by atoms with Crippen molar-refractivity contribution in [2.75, 3.05) is 4.90 Å². The second-order valence-electron chi connectivity index (χ2n) is 10.4. The van der Waals surface area contributed by atoms with Crippen molar-refractivity contribution in [2.24, 2.45) is 35.5 Å². The first-order valence-electron chi connectivity index (χ1n) is 12.7. The molecular formula is C31H25NO5. The van der Waals surface area contributed by atoms with Gasteiger partial charge in [0.05, 0.1) is 23.1 Å². The van der Waals surface area contributed by atoms with Crippen LogP contribution in [0.4, 0.5) is 5.69 Å². The van der Waals surface area contributed by atoms with Crippen LogP contribution >= 0.6 is 0 Å². The van der Waals surface area contributed by atoms with E-state index in [1.54, 1.807) is 48.5 Å². The Hall–Kier alpha value is -4.19. The zero-order valence-corrected chi connectivity index (χ0v) is 20.0. The number of hydrogen-bond acceptors (Lipinski definition) is 5. The van der Waals surface area contributed by atoms with Gasteiger partial charge in [-0.15, -0.1) is 0 Å². The van der Waals surface area contributed by atoms with Crippen LogP contribution in [-0.4, -0.2) is 17.8 Å². The second kappa shape index (κ2) is 8.44. The number of allylic oxidation sites excluding steroid dienone is 2. The summed E-state index contributed by atoms with van der Waals surface area (Å²) in [5, 5.41) is 0. The minimum absolute atomic E-state index is 0.142. The predicted octanol–water partition coefficient (Wildman–Crippen LogP) is 5.04. The van der Waals surface area contributed by atoms with Gasteiger partial charge in [-0.05, 0) is 78.1 Å². The molecule has 3 aromatic carbocycles. The third-order valence-electron chi connectivity index (χ3n) is 8.29. The van der Waals surface area contributed by atoms with E-state index < -0.39 is 5.97 Å². The number of esters is 1. The van der Waals surface area contributed by atoms with E-state index in [2.05, 4.69) is 12.2 Å². The molecule has 37 heavy (non-hydrogen) atoms. The molecule has 1 aliphatic heterocycles. The van der Waals surface area contributed by atoms with E-state index in [9.17, 15) is 14.4 Å². The van der Waals surface area contributed by atoms with Crippen LogP contribution in [0, 0.1) is 35.5 Å². The molecule has 184 valence electrons. The van der Waals surface area contributed by atoms with Crippen LogP contribution < -0.4 is 14.4 Å². The van der Waals surface area contributed by atoms with E-state index in [1.165, 1.54) is 4.90 Å². The monoisotopic (exact) mass is 491 g/mol. The van der Waals surface area contributed by atoms with Crippen LogP contribution in [0.2, 0.25) is 0 Å². The van der Waals surface area contributed by atoms with Gasteiger partial charge in [-0.2, -0.15) is 0 Å². The number of hydrogen-bond donors (Lipinski definition) is 0. The summed E-state index contributed by atoms with van der Waals surface area (Å²) in [7, 11) is 0. The average Bonchev–Trinajstić information content (AvgIpc) is 3.71. The fourth-order valence-electron chi connectivity index (χ4n) is 6.49. The molecule has 4 aliphatic carbocycles. The Bertz CT molecular complexity index is 1390. The number of anilines is 1. The molecule has 8 rings (SSSR count). The summed E-state index contributed by atoms with van der Waals surface area (Å²) in [5.74, 6) is 1.07. The lowest BCUT2D eigenvalue weighted by Crippen LogP contribution is -2.40. The zero-order chi connectivity index (χ0) is 25.1. The molecule has 5 aliphatic rings. The maximum Gasteiger partial charge on any atom is 0.343 e. The number of benzene rings is 3. The van der Waals surface area contributed by atoms with Crippen molar-refractivity contribution in [1.82, 2.24) is 0 Å². The van der Waals surface area contributed by atoms with Crippen molar-refractivity contribution in [2.45, 2.75) is 13.0 Å². The van der Waals surface area contributed by atoms with Gasteiger partial charge < -0.3 is 9.47 Å². The molecule has 3 fully saturated rings. The summed E-state index contributed by atoms with van der Waals surface area (Å²) in [6.07, 6.45) is 5.43. The molecule has 0 N–H and O–H groups in total. The molecule has 6 heteroatoms. The van der Waals surface area contributed by atoms with Crippen LogP contribution in [0.5, 0.6) is 11.5 Å². The van der Waals surface area contributed by atoms with Crippen LogP contribution in [0.3, 0.4) is 0 Å². The Morgan fingerprint density at radius 1 is 0.784 bits per heavy atom. The van der Waals surface area contributed by atoms with Crippen LogP contribution in [0.15, 0.2) is 91.0 Å². The standard InChI is InChI=1S/C31H25NO5/c33-29-27-23-13-14-24(26-16-25(23)26)28(27)30(34)32(29)20-8-4-7-19(15-20)31(35)37-22-11-9-21(10-12-22)36-17-18-5-2-1-3-6-18/h1-15,23-28H,16-17H2/t23-,24+,25-,26-,27+,28+/m1/s1. The molecule has 1 saturated heterocycles. The Labute approximate surface area is 214 Å². The lowest BCUT2D eigenvalue weighted by atomic mass is 9.63. The van der Waals surface area contributed by atoms with Crippen LogP contribution in [0.25, 0.3) is 0 Å². The van der Waals surface area contributed by atoms with Gasteiger partial charge in [-0.25, -0.2) is 9.69 Å². The Morgan fingerprint density at radius 2 is 1.43 bits per heavy atom. The Morgan fingerprint density at radius 3 is 2.11 bits per heavy atom. The smallest absolute Gasteiger partial charge is 0.343 e. The van der Waals surface area contributed by atoms with Crippen molar-refractivity contribution in [3.8, 4) is 11.5 Å². The minimum atomic E-state index is -0.556. The van der Waals surface area contributed by atoms with Crippen molar-refractivity contribution in [1.29, 1.82) is 0 Å². The van der Waals surface area contributed by atoms with Crippen molar-refractivity contribution >= 4 is 23.5 Å². The molecule has 0 unspecified atom stereocenters. The van der Waals surface area contributed by atoms with E-state index in [4.69, 9.17) is 9.47 Å². The second-order valence-corrected chi connectivity index (χ2v) is 10.4. The maximum atomic E-state index is 13.4. The molecule has 1 heterocycles. The van der Waals surface area contributed by atoms with Crippen molar-refractivity contribution in [3.63, 3.8) is 0 Å². The van der Waals surface area contributed by atoms with E-state index in [-0.39, 0.29) is 41.0 Å². The van der Waals surface area contributed by atoms with Gasteiger partial charge in [0.25, 0.3) is 0 Å². The summed E-state index contributed by atoms with van der Waals surface area (Å²) < 4.78 is 11.3. The normalized spacial score (nSPS) is 28.6. The molecule has 2 saturated carbocycles. The highest BCUT2D eigenvalue weighted by Crippen LogP contribution is 2.65. The topological polar surface area (TPSA) is 72.9 Å². The van der Waals surface area contributed by atoms with Crippen molar-refractivity contribution in [3.05, 3.63) is 102 Å². The Balaban J connectivity index is 1.04. The van der Waals surface area contributed by atoms with Crippen LogP contribution in [-0.2, 0) is 16.2 Å². The molecule has 6 atom stereocenters. The SMILES string of the molecule is O=C(Oc1ccc(OCc2ccccc2)cc1)c1cccc(N2C(=O)[C@H]3[C@@H]4C=C[C@@H]([C@H]5C[C@H]45)[C@@H]3C2=O)c1. The lowest BCUT2D eigenvalue weighted by molar-refractivity contribution is -0.124. The third-order valence-corrected chi connectivity index (χ3v) is 8.29. The van der Waals surface area contributed by atoms with Gasteiger partial charge in [0.15, 0.2) is 0 Å². The van der Waals surface area contributed by atoms with Crippen LogP contribution in [0.1, 0.15) is 22.3 Å².